The first-order chi connectivity index (χ1) is 9.16. The summed E-state index contributed by atoms with van der Waals surface area (Å²) in [6.45, 7) is 1.45. The fourth-order valence-electron chi connectivity index (χ4n) is 1.45. The average molecular weight is 318 g/mol. The van der Waals surface area contributed by atoms with Crippen LogP contribution in [0.2, 0.25) is 5.15 Å². The Labute approximate surface area is 115 Å². The van der Waals surface area contributed by atoms with Crippen molar-refractivity contribution in [2.75, 3.05) is 6.61 Å². The van der Waals surface area contributed by atoms with Crippen LogP contribution in [-0.4, -0.2) is 17.6 Å². The Bertz CT molecular complexity index is 504. The molecule has 0 aliphatic heterocycles. The number of aromatic nitrogens is 1. The highest BCUT2D eigenvalue weighted by Gasteiger charge is 2.36. The molecule has 0 saturated heterocycles. The molecule has 0 aliphatic rings. The number of hydrogen-bond donors (Lipinski definition) is 0. The summed E-state index contributed by atoms with van der Waals surface area (Å²) >= 11 is 5.48. The molecule has 0 aromatic carbocycles. The molecule has 1 aromatic heterocycles. The number of halogens is 6. The SMILES string of the molecule is CCOC(=O)Cc1c(C(F)(F)F)cc(C(F)F)nc1Cl. The van der Waals surface area contributed by atoms with Gasteiger partial charge in [0.1, 0.15) is 10.8 Å². The van der Waals surface area contributed by atoms with Crippen LogP contribution in [0.1, 0.15) is 30.2 Å². The number of carbonyl (C=O) groups is 1. The number of esters is 1. The topological polar surface area (TPSA) is 39.2 Å². The van der Waals surface area contributed by atoms with Crippen molar-refractivity contribution in [1.29, 1.82) is 0 Å². The maximum Gasteiger partial charge on any atom is 0.416 e. The van der Waals surface area contributed by atoms with Crippen LogP contribution in [0.3, 0.4) is 0 Å². The molecule has 9 heteroatoms. The third-order valence-electron chi connectivity index (χ3n) is 2.25. The fraction of sp³-hybridized carbons (Fsp3) is 0.455. The molecule has 0 spiro atoms. The van der Waals surface area contributed by atoms with Gasteiger partial charge in [0.05, 0.1) is 18.6 Å². The number of carbonyl (C=O) groups excluding carboxylic acids is 1. The van der Waals surface area contributed by atoms with Crippen molar-refractivity contribution < 1.29 is 31.5 Å². The quantitative estimate of drug-likeness (QED) is 0.482. The summed E-state index contributed by atoms with van der Waals surface area (Å²) in [7, 11) is 0. The Kier molecular flexibility index (Phi) is 5.27. The number of nitrogens with zero attached hydrogens (tertiary/aromatic N) is 1. The van der Waals surface area contributed by atoms with Crippen molar-refractivity contribution >= 4 is 17.6 Å². The van der Waals surface area contributed by atoms with Crippen molar-refractivity contribution in [2.45, 2.75) is 25.9 Å². The zero-order valence-electron chi connectivity index (χ0n) is 10.1. The molecule has 0 fully saturated rings. The molecule has 1 heterocycles. The van der Waals surface area contributed by atoms with Crippen molar-refractivity contribution in [3.63, 3.8) is 0 Å². The molecule has 0 N–H and O–H groups in total. The lowest BCUT2D eigenvalue weighted by Gasteiger charge is -2.15. The molecule has 0 bridgehead atoms. The average Bonchev–Trinajstić information content (AvgIpc) is 2.29. The van der Waals surface area contributed by atoms with Gasteiger partial charge in [-0.2, -0.15) is 13.2 Å². The molecule has 112 valence electrons. The van der Waals surface area contributed by atoms with Crippen molar-refractivity contribution in [2.24, 2.45) is 0 Å². The van der Waals surface area contributed by atoms with Gasteiger partial charge in [-0.15, -0.1) is 0 Å². The smallest absolute Gasteiger partial charge is 0.416 e. The van der Waals surface area contributed by atoms with E-state index in [2.05, 4.69) is 9.72 Å². The highest BCUT2D eigenvalue weighted by molar-refractivity contribution is 6.30. The standard InChI is InChI=1S/C11H9ClF5NO2/c1-2-20-8(19)3-5-6(11(15,16)17)4-7(10(13)14)18-9(5)12/h4,10H,2-3H2,1H3. The normalized spacial score (nSPS) is 11.8. The minimum Gasteiger partial charge on any atom is -0.466 e. The Balaban J connectivity index is 3.31. The minimum atomic E-state index is -4.93. The second-order valence-electron chi connectivity index (χ2n) is 3.64. The molecule has 0 amide bonds. The van der Waals surface area contributed by atoms with Crippen molar-refractivity contribution in [3.8, 4) is 0 Å². The lowest BCUT2D eigenvalue weighted by molar-refractivity contribution is -0.143. The number of hydrogen-bond acceptors (Lipinski definition) is 3. The van der Waals surface area contributed by atoms with E-state index in [-0.39, 0.29) is 12.7 Å². The van der Waals surface area contributed by atoms with E-state index in [0.717, 1.165) is 0 Å². The largest absolute Gasteiger partial charge is 0.466 e. The van der Waals surface area contributed by atoms with E-state index in [1.807, 2.05) is 0 Å². The second kappa shape index (κ2) is 6.34. The summed E-state index contributed by atoms with van der Waals surface area (Å²) in [5, 5.41) is -0.789. The summed E-state index contributed by atoms with van der Waals surface area (Å²) in [5.41, 5.74) is -3.20. The van der Waals surface area contributed by atoms with Crippen molar-refractivity contribution in [3.05, 3.63) is 28.0 Å². The molecule has 0 saturated carbocycles. The van der Waals surface area contributed by atoms with Crippen LogP contribution in [0.25, 0.3) is 0 Å². The van der Waals surface area contributed by atoms with Crippen molar-refractivity contribution in [1.82, 2.24) is 4.98 Å². The van der Waals surface area contributed by atoms with E-state index in [9.17, 15) is 26.7 Å². The van der Waals surface area contributed by atoms with Gasteiger partial charge in [-0.05, 0) is 13.0 Å². The summed E-state index contributed by atoms with van der Waals surface area (Å²) in [6.07, 6.45) is -8.93. The lowest BCUT2D eigenvalue weighted by Crippen LogP contribution is -2.16. The van der Waals surface area contributed by atoms with Gasteiger partial charge in [0.25, 0.3) is 6.43 Å². The Morgan fingerprint density at radius 3 is 2.50 bits per heavy atom. The monoisotopic (exact) mass is 317 g/mol. The van der Waals surface area contributed by atoms with Crippen LogP contribution in [0, 0.1) is 0 Å². The Hall–Kier alpha value is -1.44. The molecule has 0 unspecified atom stereocenters. The highest BCUT2D eigenvalue weighted by Crippen LogP contribution is 2.37. The van der Waals surface area contributed by atoms with Crippen LogP contribution in [0.15, 0.2) is 6.07 Å². The van der Waals surface area contributed by atoms with E-state index in [1.165, 1.54) is 6.92 Å². The first-order valence-electron chi connectivity index (χ1n) is 5.37. The molecule has 20 heavy (non-hydrogen) atoms. The summed E-state index contributed by atoms with van der Waals surface area (Å²) < 4.78 is 67.9. The van der Waals surface area contributed by atoms with Gasteiger partial charge >= 0.3 is 12.1 Å². The van der Waals surface area contributed by atoms with Gasteiger partial charge in [0, 0.05) is 5.56 Å². The van der Waals surface area contributed by atoms with Crippen LogP contribution >= 0.6 is 11.6 Å². The number of ether oxygens (including phenoxy) is 1. The van der Waals surface area contributed by atoms with Gasteiger partial charge in [-0.3, -0.25) is 4.79 Å². The molecule has 1 rings (SSSR count). The van der Waals surface area contributed by atoms with Crippen LogP contribution < -0.4 is 0 Å². The predicted molar refractivity (Wildman–Crippen MR) is 59.5 cm³/mol. The maximum absolute atomic E-state index is 12.8. The Morgan fingerprint density at radius 1 is 1.45 bits per heavy atom. The van der Waals surface area contributed by atoms with Crippen LogP contribution in [0.4, 0.5) is 22.0 Å². The zero-order valence-corrected chi connectivity index (χ0v) is 10.9. The van der Waals surface area contributed by atoms with E-state index >= 15 is 0 Å². The number of alkyl halides is 5. The van der Waals surface area contributed by atoms with Gasteiger partial charge in [0.2, 0.25) is 0 Å². The highest BCUT2D eigenvalue weighted by atomic mass is 35.5. The zero-order chi connectivity index (χ0) is 15.5. The van der Waals surface area contributed by atoms with E-state index in [0.29, 0.717) is 0 Å². The third kappa shape index (κ3) is 4.03. The first kappa shape index (κ1) is 16.6. The summed E-state index contributed by atoms with van der Waals surface area (Å²) in [5.74, 6) is -0.952. The Morgan fingerprint density at radius 2 is 2.05 bits per heavy atom. The number of rotatable bonds is 4. The van der Waals surface area contributed by atoms with Gasteiger partial charge in [-0.1, -0.05) is 11.6 Å². The third-order valence-corrected chi connectivity index (χ3v) is 2.56. The predicted octanol–water partition coefficient (Wildman–Crippen LogP) is 3.80. The fourth-order valence-corrected chi connectivity index (χ4v) is 1.71. The van der Waals surface area contributed by atoms with Gasteiger partial charge < -0.3 is 4.74 Å². The van der Waals surface area contributed by atoms with E-state index < -0.39 is 47.0 Å². The molecular weight excluding hydrogens is 309 g/mol. The minimum absolute atomic E-state index is 0.0274. The second-order valence-corrected chi connectivity index (χ2v) is 4.00. The summed E-state index contributed by atoms with van der Waals surface area (Å²) in [6, 6.07) is 0.186. The number of pyridine rings is 1. The van der Waals surface area contributed by atoms with E-state index in [1.54, 1.807) is 0 Å². The van der Waals surface area contributed by atoms with Crippen LogP contribution in [0.5, 0.6) is 0 Å². The first-order valence-corrected chi connectivity index (χ1v) is 5.74. The molecule has 1 aromatic rings. The molecule has 0 atom stereocenters. The lowest BCUT2D eigenvalue weighted by atomic mass is 10.1. The molecule has 0 aliphatic carbocycles. The van der Waals surface area contributed by atoms with Gasteiger partial charge in [-0.25, -0.2) is 13.8 Å². The van der Waals surface area contributed by atoms with Gasteiger partial charge in [0.15, 0.2) is 0 Å². The van der Waals surface area contributed by atoms with Crippen LogP contribution in [-0.2, 0) is 22.1 Å². The summed E-state index contributed by atoms with van der Waals surface area (Å²) in [4.78, 5) is 14.4. The molecule has 3 nitrogen and oxygen atoms in total. The van der Waals surface area contributed by atoms with E-state index in [4.69, 9.17) is 11.6 Å². The maximum atomic E-state index is 12.8. The molecule has 0 radical (unpaired) electrons. The molecular formula is C11H9ClF5NO2.